The third kappa shape index (κ3) is 5.02. The molecule has 2 N–H and O–H groups in total. The van der Waals surface area contributed by atoms with Gasteiger partial charge < -0.3 is 25.2 Å². The second-order valence-electron chi connectivity index (χ2n) is 8.71. The Balaban J connectivity index is 1.49. The van der Waals surface area contributed by atoms with Crippen LogP contribution in [0.1, 0.15) is 25.1 Å². The number of aromatic nitrogens is 4. The maximum absolute atomic E-state index is 11.8. The van der Waals surface area contributed by atoms with Gasteiger partial charge in [0.1, 0.15) is 18.0 Å². The Morgan fingerprint density at radius 1 is 1.17 bits per heavy atom. The zero-order valence-corrected chi connectivity index (χ0v) is 20.1. The van der Waals surface area contributed by atoms with Crippen molar-refractivity contribution >= 4 is 23.4 Å². The molecule has 10 nitrogen and oxygen atoms in total. The van der Waals surface area contributed by atoms with Gasteiger partial charge in [0, 0.05) is 42.6 Å². The first-order chi connectivity index (χ1) is 17.1. The molecule has 0 aliphatic carbocycles. The van der Waals surface area contributed by atoms with Gasteiger partial charge in [-0.15, -0.1) is 0 Å². The maximum atomic E-state index is 11.8. The first-order valence-corrected chi connectivity index (χ1v) is 12.0. The Kier molecular flexibility index (Phi) is 6.71. The van der Waals surface area contributed by atoms with E-state index >= 15 is 0 Å². The molecule has 0 saturated carbocycles. The van der Waals surface area contributed by atoms with Crippen molar-refractivity contribution < 1.29 is 9.53 Å². The van der Waals surface area contributed by atoms with Crippen LogP contribution in [0.5, 0.6) is 0 Å². The molecular weight excluding hydrogens is 444 g/mol. The topological polar surface area (TPSA) is 108 Å². The lowest BCUT2D eigenvalue weighted by Crippen LogP contribution is -2.45. The summed E-state index contributed by atoms with van der Waals surface area (Å²) in [6.45, 7) is 8.30. The van der Waals surface area contributed by atoms with Crippen LogP contribution in [0, 0.1) is 0 Å². The number of amides is 2. The molecular formula is C25H30N8O2. The molecule has 1 atom stereocenters. The first-order valence-electron chi connectivity index (χ1n) is 12.0. The monoisotopic (exact) mass is 474 g/mol. The lowest BCUT2D eigenvalue weighted by Gasteiger charge is -2.38. The lowest BCUT2D eigenvalue weighted by molar-refractivity contribution is 0.0984. The van der Waals surface area contributed by atoms with Gasteiger partial charge in [-0.2, -0.15) is 0 Å². The van der Waals surface area contributed by atoms with E-state index < -0.39 is 0 Å². The highest BCUT2D eigenvalue weighted by molar-refractivity contribution is 5.89. The van der Waals surface area contributed by atoms with Gasteiger partial charge in [-0.25, -0.2) is 24.7 Å². The van der Waals surface area contributed by atoms with E-state index in [1.54, 1.807) is 12.5 Å². The van der Waals surface area contributed by atoms with E-state index in [-0.39, 0.29) is 12.1 Å². The number of carbonyl (C=O) groups excluding carboxylic acids is 1. The Morgan fingerprint density at radius 2 is 2.03 bits per heavy atom. The summed E-state index contributed by atoms with van der Waals surface area (Å²) >= 11 is 0. The Labute approximate surface area is 204 Å². The zero-order valence-electron chi connectivity index (χ0n) is 20.1. The predicted octanol–water partition coefficient (Wildman–Crippen LogP) is 2.86. The molecule has 2 amide bonds. The average Bonchev–Trinajstić information content (AvgIpc) is 2.89. The minimum atomic E-state index is -0.223. The number of urea groups is 1. The highest BCUT2D eigenvalue weighted by atomic mass is 16.5. The largest absolute Gasteiger partial charge is 0.377 e. The van der Waals surface area contributed by atoms with Crippen LogP contribution in [-0.4, -0.2) is 64.9 Å². The minimum absolute atomic E-state index is 0.223. The Bertz CT molecular complexity index is 1170. The third-order valence-electron chi connectivity index (χ3n) is 6.31. The van der Waals surface area contributed by atoms with Gasteiger partial charge in [-0.1, -0.05) is 0 Å². The van der Waals surface area contributed by atoms with Gasteiger partial charge in [0.05, 0.1) is 31.5 Å². The number of nitrogens with one attached hydrogen (secondary N) is 2. The smallest absolute Gasteiger partial charge is 0.319 e. The van der Waals surface area contributed by atoms with Crippen molar-refractivity contribution in [1.82, 2.24) is 25.3 Å². The molecule has 2 aromatic heterocycles. The van der Waals surface area contributed by atoms with Gasteiger partial charge in [0.15, 0.2) is 5.82 Å². The molecule has 1 saturated heterocycles. The van der Waals surface area contributed by atoms with E-state index in [4.69, 9.17) is 14.7 Å². The third-order valence-corrected chi connectivity index (χ3v) is 6.31. The normalized spacial score (nSPS) is 17.6. The second kappa shape index (κ2) is 10.2. The number of anilines is 3. The summed E-state index contributed by atoms with van der Waals surface area (Å²) in [5.74, 6) is 2.56. The van der Waals surface area contributed by atoms with Crippen molar-refractivity contribution in [3.63, 3.8) is 0 Å². The lowest BCUT2D eigenvalue weighted by atomic mass is 10.0. The van der Waals surface area contributed by atoms with Gasteiger partial charge >= 0.3 is 6.03 Å². The van der Waals surface area contributed by atoms with Crippen molar-refractivity contribution in [2.45, 2.75) is 32.9 Å². The van der Waals surface area contributed by atoms with Crippen molar-refractivity contribution in [3.8, 4) is 11.4 Å². The van der Waals surface area contributed by atoms with Crippen LogP contribution in [0.15, 0.2) is 42.9 Å². The number of fused-ring (bicyclic) bond motifs is 1. The summed E-state index contributed by atoms with van der Waals surface area (Å²) in [4.78, 5) is 35.0. The number of rotatable bonds is 5. The van der Waals surface area contributed by atoms with Crippen molar-refractivity contribution in [2.75, 3.05) is 48.0 Å². The molecule has 0 bridgehead atoms. The summed E-state index contributed by atoms with van der Waals surface area (Å²) < 4.78 is 5.68. The molecule has 1 aromatic carbocycles. The Hall–Kier alpha value is -3.79. The molecule has 182 valence electrons. The maximum Gasteiger partial charge on any atom is 0.319 e. The fraction of sp³-hybridized carbons (Fsp3) is 0.400. The quantitative estimate of drug-likeness (QED) is 0.581. The van der Waals surface area contributed by atoms with Crippen LogP contribution in [0.4, 0.5) is 22.1 Å². The molecule has 5 rings (SSSR count). The summed E-state index contributed by atoms with van der Waals surface area (Å²) in [6.07, 6.45) is 4.18. The molecule has 4 heterocycles. The van der Waals surface area contributed by atoms with Crippen LogP contribution in [0.2, 0.25) is 0 Å². The van der Waals surface area contributed by atoms with Crippen molar-refractivity contribution in [3.05, 3.63) is 54.1 Å². The summed E-state index contributed by atoms with van der Waals surface area (Å²) in [5, 5.41) is 5.57. The van der Waals surface area contributed by atoms with Crippen LogP contribution in [0.25, 0.3) is 11.4 Å². The fourth-order valence-electron chi connectivity index (χ4n) is 4.52. The van der Waals surface area contributed by atoms with Crippen molar-refractivity contribution in [2.24, 2.45) is 0 Å². The van der Waals surface area contributed by atoms with E-state index in [1.807, 2.05) is 37.3 Å². The molecule has 2 aliphatic heterocycles. The van der Waals surface area contributed by atoms with Crippen LogP contribution in [-0.2, 0) is 17.7 Å². The first kappa shape index (κ1) is 23.0. The zero-order chi connectivity index (χ0) is 24.2. The number of nitrogens with zero attached hydrogens (tertiary/aromatic N) is 6. The fourth-order valence-corrected chi connectivity index (χ4v) is 4.52. The molecule has 10 heteroatoms. The van der Waals surface area contributed by atoms with Crippen LogP contribution < -0.4 is 20.4 Å². The number of hydrogen-bond donors (Lipinski definition) is 2. The SMILES string of the molecule is CCNC(=O)Nc1ccc(-c2nc3c(c(N4CCOCC4C)n2)CCN(c2ccncn2)C3)cc1. The number of benzene rings is 1. The molecule has 1 fully saturated rings. The van der Waals surface area contributed by atoms with Crippen LogP contribution in [0.3, 0.4) is 0 Å². The van der Waals surface area contributed by atoms with E-state index in [1.165, 1.54) is 5.56 Å². The average molecular weight is 475 g/mol. The highest BCUT2D eigenvalue weighted by Gasteiger charge is 2.29. The van der Waals surface area contributed by atoms with E-state index in [2.05, 4.69) is 37.3 Å². The number of morpholine rings is 1. The number of carbonyl (C=O) groups is 1. The van der Waals surface area contributed by atoms with E-state index in [0.717, 1.165) is 48.1 Å². The van der Waals surface area contributed by atoms with Crippen LogP contribution >= 0.6 is 0 Å². The predicted molar refractivity (Wildman–Crippen MR) is 135 cm³/mol. The summed E-state index contributed by atoms with van der Waals surface area (Å²) in [5.41, 5.74) is 3.82. The van der Waals surface area contributed by atoms with E-state index in [0.29, 0.717) is 32.1 Å². The molecule has 0 radical (unpaired) electrons. The second-order valence-corrected chi connectivity index (χ2v) is 8.71. The molecule has 3 aromatic rings. The summed E-state index contributed by atoms with van der Waals surface area (Å²) in [6, 6.07) is 9.58. The number of ether oxygens (including phenoxy) is 1. The molecule has 2 aliphatic rings. The van der Waals surface area contributed by atoms with E-state index in [9.17, 15) is 4.79 Å². The highest BCUT2D eigenvalue weighted by Crippen LogP contribution is 2.32. The van der Waals surface area contributed by atoms with Gasteiger partial charge in [-0.05, 0) is 50.6 Å². The molecule has 1 unspecified atom stereocenters. The van der Waals surface area contributed by atoms with Gasteiger partial charge in [0.2, 0.25) is 0 Å². The molecule has 35 heavy (non-hydrogen) atoms. The number of hydrogen-bond acceptors (Lipinski definition) is 8. The van der Waals surface area contributed by atoms with Crippen molar-refractivity contribution in [1.29, 1.82) is 0 Å². The molecule has 0 spiro atoms. The minimum Gasteiger partial charge on any atom is -0.377 e. The Morgan fingerprint density at radius 3 is 2.77 bits per heavy atom. The van der Waals surface area contributed by atoms with Gasteiger partial charge in [-0.3, -0.25) is 0 Å². The van der Waals surface area contributed by atoms with Gasteiger partial charge in [0.25, 0.3) is 0 Å². The standard InChI is InChI=1S/C25H30N8O2/c1-3-27-25(34)29-19-6-4-18(5-7-19)23-30-21-14-32(22-8-10-26-16-28-22)11-9-20(21)24(31-23)33-12-13-35-15-17(33)2/h4-8,10,16-17H,3,9,11-15H2,1-2H3,(H2,27,29,34). The summed E-state index contributed by atoms with van der Waals surface area (Å²) in [7, 11) is 0.